The standard InChI is InChI=1S/C9H13N3O3S/c13-9(7-1-2-16(14,15)5-7)11-4-8-3-10-6-12-8/h3,6-7H,1-2,4-5H2,(H,10,12)(H,11,13). The van der Waals surface area contributed by atoms with Crippen LogP contribution in [-0.4, -0.2) is 35.8 Å². The van der Waals surface area contributed by atoms with E-state index in [1.807, 2.05) is 0 Å². The Kier molecular flexibility index (Phi) is 2.95. The van der Waals surface area contributed by atoms with Crippen molar-refractivity contribution in [1.29, 1.82) is 0 Å². The van der Waals surface area contributed by atoms with E-state index in [9.17, 15) is 13.2 Å². The van der Waals surface area contributed by atoms with Crippen LogP contribution in [0, 0.1) is 5.92 Å². The number of amides is 1. The van der Waals surface area contributed by atoms with Gasteiger partial charge in [-0.05, 0) is 6.42 Å². The zero-order valence-electron chi connectivity index (χ0n) is 8.64. The Labute approximate surface area is 93.4 Å². The van der Waals surface area contributed by atoms with Crippen molar-refractivity contribution >= 4 is 15.7 Å². The number of nitrogens with one attached hydrogen (secondary N) is 2. The molecule has 2 rings (SSSR count). The summed E-state index contributed by atoms with van der Waals surface area (Å²) in [7, 11) is -2.99. The van der Waals surface area contributed by atoms with Crippen molar-refractivity contribution in [2.75, 3.05) is 11.5 Å². The van der Waals surface area contributed by atoms with Gasteiger partial charge in [0.2, 0.25) is 5.91 Å². The molecule has 16 heavy (non-hydrogen) atoms. The van der Waals surface area contributed by atoms with Crippen LogP contribution in [-0.2, 0) is 21.2 Å². The third kappa shape index (κ3) is 2.60. The molecule has 0 aromatic carbocycles. The van der Waals surface area contributed by atoms with E-state index in [2.05, 4.69) is 15.3 Å². The molecule has 1 fully saturated rings. The number of carbonyl (C=O) groups is 1. The molecule has 1 aromatic rings. The maximum absolute atomic E-state index is 11.6. The Morgan fingerprint density at radius 3 is 3.00 bits per heavy atom. The van der Waals surface area contributed by atoms with E-state index in [1.54, 1.807) is 6.20 Å². The second kappa shape index (κ2) is 4.25. The fraction of sp³-hybridized carbons (Fsp3) is 0.556. The summed E-state index contributed by atoms with van der Waals surface area (Å²) in [5.74, 6) is -0.500. The van der Waals surface area contributed by atoms with Crippen LogP contribution in [0.25, 0.3) is 0 Å². The first-order valence-corrected chi connectivity index (χ1v) is 6.84. The highest BCUT2D eigenvalue weighted by Gasteiger charge is 2.32. The zero-order valence-corrected chi connectivity index (χ0v) is 9.46. The average molecular weight is 243 g/mol. The number of aromatic nitrogens is 2. The first-order valence-electron chi connectivity index (χ1n) is 5.02. The molecular formula is C9H13N3O3S. The predicted octanol–water partition coefficient (Wildman–Crippen LogP) is -0.539. The highest BCUT2D eigenvalue weighted by Crippen LogP contribution is 2.18. The van der Waals surface area contributed by atoms with Gasteiger partial charge in [0, 0.05) is 6.20 Å². The lowest BCUT2D eigenvalue weighted by Gasteiger charge is -2.07. The minimum atomic E-state index is -2.99. The Hall–Kier alpha value is -1.37. The van der Waals surface area contributed by atoms with Crippen LogP contribution in [0.4, 0.5) is 0 Å². The summed E-state index contributed by atoms with van der Waals surface area (Å²) in [5.41, 5.74) is 0.800. The topological polar surface area (TPSA) is 91.9 Å². The summed E-state index contributed by atoms with van der Waals surface area (Å²) in [6.07, 6.45) is 3.57. The highest BCUT2D eigenvalue weighted by molar-refractivity contribution is 7.91. The Bertz CT molecular complexity index is 466. The van der Waals surface area contributed by atoms with Crippen molar-refractivity contribution in [3.63, 3.8) is 0 Å². The van der Waals surface area contributed by atoms with Crippen molar-refractivity contribution in [3.8, 4) is 0 Å². The van der Waals surface area contributed by atoms with Gasteiger partial charge in [-0.1, -0.05) is 0 Å². The summed E-state index contributed by atoms with van der Waals surface area (Å²) in [4.78, 5) is 18.3. The van der Waals surface area contributed by atoms with Crippen LogP contribution in [0.1, 0.15) is 12.1 Å². The van der Waals surface area contributed by atoms with Crippen molar-refractivity contribution in [1.82, 2.24) is 15.3 Å². The lowest BCUT2D eigenvalue weighted by Crippen LogP contribution is -2.31. The molecule has 1 unspecified atom stereocenters. The van der Waals surface area contributed by atoms with Gasteiger partial charge in [-0.25, -0.2) is 13.4 Å². The number of aromatic amines is 1. The maximum Gasteiger partial charge on any atom is 0.224 e. The van der Waals surface area contributed by atoms with E-state index in [1.165, 1.54) is 6.33 Å². The summed E-state index contributed by atoms with van der Waals surface area (Å²) in [6.45, 7) is 0.357. The van der Waals surface area contributed by atoms with Crippen molar-refractivity contribution in [2.24, 2.45) is 5.92 Å². The molecule has 1 aromatic heterocycles. The number of rotatable bonds is 3. The fourth-order valence-corrected chi connectivity index (χ4v) is 3.45. The van der Waals surface area contributed by atoms with E-state index >= 15 is 0 Å². The second-order valence-corrected chi connectivity index (χ2v) is 6.12. The lowest BCUT2D eigenvalue weighted by molar-refractivity contribution is -0.124. The first kappa shape index (κ1) is 11.1. The van der Waals surface area contributed by atoms with Gasteiger partial charge in [-0.15, -0.1) is 0 Å². The summed E-state index contributed by atoms with van der Waals surface area (Å²) < 4.78 is 22.4. The number of carbonyl (C=O) groups excluding carboxylic acids is 1. The highest BCUT2D eigenvalue weighted by atomic mass is 32.2. The largest absolute Gasteiger partial charge is 0.350 e. The number of H-pyrrole nitrogens is 1. The Morgan fingerprint density at radius 1 is 1.62 bits per heavy atom. The molecule has 1 saturated heterocycles. The Balaban J connectivity index is 1.85. The third-order valence-electron chi connectivity index (χ3n) is 2.61. The summed E-state index contributed by atoms with van der Waals surface area (Å²) in [6, 6.07) is 0. The number of nitrogens with zero attached hydrogens (tertiary/aromatic N) is 1. The molecule has 6 nitrogen and oxygen atoms in total. The molecule has 1 aliphatic heterocycles. The van der Waals surface area contributed by atoms with Gasteiger partial charge in [-0.3, -0.25) is 4.79 Å². The minimum absolute atomic E-state index is 0.0260. The van der Waals surface area contributed by atoms with Gasteiger partial charge in [0.1, 0.15) is 0 Å². The van der Waals surface area contributed by atoms with Crippen LogP contribution < -0.4 is 5.32 Å². The van der Waals surface area contributed by atoms with Crippen LogP contribution in [0.5, 0.6) is 0 Å². The van der Waals surface area contributed by atoms with E-state index in [0.717, 1.165) is 5.69 Å². The van der Waals surface area contributed by atoms with Gasteiger partial charge < -0.3 is 10.3 Å². The molecular weight excluding hydrogens is 230 g/mol. The maximum atomic E-state index is 11.6. The van der Waals surface area contributed by atoms with E-state index < -0.39 is 15.8 Å². The van der Waals surface area contributed by atoms with Crippen LogP contribution in [0.2, 0.25) is 0 Å². The van der Waals surface area contributed by atoms with E-state index in [-0.39, 0.29) is 17.4 Å². The molecule has 0 spiro atoms. The van der Waals surface area contributed by atoms with Crippen LogP contribution in [0.3, 0.4) is 0 Å². The molecule has 0 aliphatic carbocycles. The molecule has 2 N–H and O–H groups in total. The fourth-order valence-electron chi connectivity index (χ4n) is 1.71. The van der Waals surface area contributed by atoms with E-state index in [4.69, 9.17) is 0 Å². The molecule has 0 radical (unpaired) electrons. The number of hydrogen-bond donors (Lipinski definition) is 2. The van der Waals surface area contributed by atoms with Crippen LogP contribution in [0.15, 0.2) is 12.5 Å². The van der Waals surface area contributed by atoms with Crippen LogP contribution >= 0.6 is 0 Å². The van der Waals surface area contributed by atoms with E-state index in [0.29, 0.717) is 13.0 Å². The summed E-state index contributed by atoms with van der Waals surface area (Å²) >= 11 is 0. The SMILES string of the molecule is O=C(NCc1cnc[nH]1)C1CCS(=O)(=O)C1. The predicted molar refractivity (Wildman–Crippen MR) is 57.2 cm³/mol. The van der Waals surface area contributed by atoms with Gasteiger partial charge >= 0.3 is 0 Å². The Morgan fingerprint density at radius 2 is 2.44 bits per heavy atom. The number of sulfone groups is 1. The smallest absolute Gasteiger partial charge is 0.224 e. The molecule has 7 heteroatoms. The monoisotopic (exact) mass is 243 g/mol. The number of imidazole rings is 1. The molecule has 1 amide bonds. The zero-order chi connectivity index (χ0) is 11.6. The normalized spacial score (nSPS) is 23.1. The molecule has 0 saturated carbocycles. The summed E-state index contributed by atoms with van der Waals surface area (Å²) in [5, 5.41) is 2.69. The van der Waals surface area contributed by atoms with Crippen molar-refractivity contribution in [3.05, 3.63) is 18.2 Å². The van der Waals surface area contributed by atoms with Crippen molar-refractivity contribution < 1.29 is 13.2 Å². The quantitative estimate of drug-likeness (QED) is 0.745. The molecule has 1 aliphatic rings. The average Bonchev–Trinajstić information content (AvgIpc) is 2.83. The van der Waals surface area contributed by atoms with Gasteiger partial charge in [0.15, 0.2) is 9.84 Å². The molecule has 0 bridgehead atoms. The van der Waals surface area contributed by atoms with Gasteiger partial charge in [0.05, 0.1) is 36.0 Å². The van der Waals surface area contributed by atoms with Gasteiger partial charge in [-0.2, -0.15) is 0 Å². The molecule has 1 atom stereocenters. The third-order valence-corrected chi connectivity index (χ3v) is 4.38. The minimum Gasteiger partial charge on any atom is -0.350 e. The lowest BCUT2D eigenvalue weighted by atomic mass is 10.1. The first-order chi connectivity index (χ1) is 7.57. The second-order valence-electron chi connectivity index (χ2n) is 3.89. The number of hydrogen-bond acceptors (Lipinski definition) is 4. The van der Waals surface area contributed by atoms with Gasteiger partial charge in [0.25, 0.3) is 0 Å². The molecule has 2 heterocycles. The molecule has 88 valence electrons. The van der Waals surface area contributed by atoms with Crippen molar-refractivity contribution in [2.45, 2.75) is 13.0 Å².